The molecule has 1 fully saturated rings. The molecule has 0 unspecified atom stereocenters. The Balaban J connectivity index is 1.59. The molecule has 2 aromatic carbocycles. The quantitative estimate of drug-likeness (QED) is 0.811. The Morgan fingerprint density at radius 2 is 1.77 bits per heavy atom. The fourth-order valence-electron chi connectivity index (χ4n) is 2.52. The summed E-state index contributed by atoms with van der Waals surface area (Å²) in [5.74, 6) is -1.54. The van der Waals surface area contributed by atoms with Gasteiger partial charge in [-0.25, -0.2) is 0 Å². The lowest BCUT2D eigenvalue weighted by molar-refractivity contribution is -0.142. The number of nitrogens with one attached hydrogen (secondary N) is 2. The standard InChI is InChI=1S/C20H21N3O3/c1-23(13-14-6-3-2-4-7-14)20(26)19(25)22-17-9-5-8-15(12-17)18(24)21-16-10-11-16/h2-9,12,16H,10-11,13H2,1H3,(H,21,24)(H,22,25). The number of hydrogen-bond acceptors (Lipinski definition) is 3. The van der Waals surface area contributed by atoms with Crippen molar-refractivity contribution >= 4 is 23.4 Å². The summed E-state index contributed by atoms with van der Waals surface area (Å²) in [6.45, 7) is 0.344. The molecule has 3 amide bonds. The highest BCUT2D eigenvalue weighted by Crippen LogP contribution is 2.20. The van der Waals surface area contributed by atoms with Crippen LogP contribution in [0.4, 0.5) is 5.69 Å². The summed E-state index contributed by atoms with van der Waals surface area (Å²) < 4.78 is 0. The van der Waals surface area contributed by atoms with Gasteiger partial charge in [0.1, 0.15) is 0 Å². The van der Waals surface area contributed by atoms with Crippen LogP contribution in [0.3, 0.4) is 0 Å². The van der Waals surface area contributed by atoms with Gasteiger partial charge in [-0.05, 0) is 36.6 Å². The van der Waals surface area contributed by atoms with E-state index in [-0.39, 0.29) is 11.9 Å². The van der Waals surface area contributed by atoms with Crippen molar-refractivity contribution in [2.75, 3.05) is 12.4 Å². The molecule has 0 aliphatic heterocycles. The van der Waals surface area contributed by atoms with Crippen molar-refractivity contribution in [2.45, 2.75) is 25.4 Å². The van der Waals surface area contributed by atoms with Gasteiger partial charge in [-0.1, -0.05) is 36.4 Å². The third-order valence-corrected chi connectivity index (χ3v) is 4.10. The Hall–Kier alpha value is -3.15. The van der Waals surface area contributed by atoms with E-state index in [1.165, 1.54) is 4.90 Å². The zero-order chi connectivity index (χ0) is 18.5. The summed E-state index contributed by atoms with van der Waals surface area (Å²) in [6, 6.07) is 16.3. The fraction of sp³-hybridized carbons (Fsp3) is 0.250. The van der Waals surface area contributed by atoms with Crippen molar-refractivity contribution in [1.82, 2.24) is 10.2 Å². The molecular weight excluding hydrogens is 330 g/mol. The Morgan fingerprint density at radius 3 is 2.46 bits per heavy atom. The third-order valence-electron chi connectivity index (χ3n) is 4.10. The van der Waals surface area contributed by atoms with Crippen LogP contribution in [0.15, 0.2) is 54.6 Å². The fourth-order valence-corrected chi connectivity index (χ4v) is 2.52. The largest absolute Gasteiger partial charge is 0.349 e. The minimum Gasteiger partial charge on any atom is -0.349 e. The number of amides is 3. The highest BCUT2D eigenvalue weighted by molar-refractivity contribution is 6.39. The predicted molar refractivity (Wildman–Crippen MR) is 98.5 cm³/mol. The van der Waals surface area contributed by atoms with Crippen molar-refractivity contribution in [3.63, 3.8) is 0 Å². The molecule has 26 heavy (non-hydrogen) atoms. The Kier molecular flexibility index (Phi) is 5.31. The van der Waals surface area contributed by atoms with Gasteiger partial charge in [-0.3, -0.25) is 14.4 Å². The molecule has 134 valence electrons. The van der Waals surface area contributed by atoms with Gasteiger partial charge >= 0.3 is 11.8 Å². The zero-order valence-corrected chi connectivity index (χ0v) is 14.6. The van der Waals surface area contributed by atoms with Crippen LogP contribution in [-0.2, 0) is 16.1 Å². The summed E-state index contributed by atoms with van der Waals surface area (Å²) in [4.78, 5) is 37.9. The van der Waals surface area contributed by atoms with E-state index in [1.54, 1.807) is 31.3 Å². The van der Waals surface area contributed by atoms with Crippen LogP contribution in [0.5, 0.6) is 0 Å². The first-order valence-corrected chi connectivity index (χ1v) is 8.54. The van der Waals surface area contributed by atoms with E-state index in [0.29, 0.717) is 17.8 Å². The van der Waals surface area contributed by atoms with Gasteiger partial charge in [0, 0.05) is 30.9 Å². The van der Waals surface area contributed by atoms with Crippen LogP contribution >= 0.6 is 0 Å². The Morgan fingerprint density at radius 1 is 1.04 bits per heavy atom. The molecule has 0 aromatic heterocycles. The van der Waals surface area contributed by atoms with Crippen molar-refractivity contribution in [1.29, 1.82) is 0 Å². The van der Waals surface area contributed by atoms with E-state index in [0.717, 1.165) is 18.4 Å². The maximum Gasteiger partial charge on any atom is 0.313 e. The molecule has 0 bridgehead atoms. The molecule has 0 radical (unpaired) electrons. The van der Waals surface area contributed by atoms with E-state index < -0.39 is 11.8 Å². The number of anilines is 1. The summed E-state index contributed by atoms with van der Waals surface area (Å²) >= 11 is 0. The second kappa shape index (κ2) is 7.82. The minimum atomic E-state index is -0.733. The number of likely N-dealkylation sites (N-methyl/N-ethyl adjacent to an activating group) is 1. The van der Waals surface area contributed by atoms with Crippen LogP contribution < -0.4 is 10.6 Å². The van der Waals surface area contributed by atoms with Gasteiger partial charge < -0.3 is 15.5 Å². The van der Waals surface area contributed by atoms with Crippen LogP contribution in [0.1, 0.15) is 28.8 Å². The summed E-state index contributed by atoms with van der Waals surface area (Å²) in [5.41, 5.74) is 1.81. The van der Waals surface area contributed by atoms with Gasteiger partial charge in [0.05, 0.1) is 0 Å². The van der Waals surface area contributed by atoms with Crippen molar-refractivity contribution in [3.05, 3.63) is 65.7 Å². The van der Waals surface area contributed by atoms with Crippen molar-refractivity contribution < 1.29 is 14.4 Å². The monoisotopic (exact) mass is 351 g/mol. The van der Waals surface area contributed by atoms with Gasteiger partial charge in [0.25, 0.3) is 5.91 Å². The van der Waals surface area contributed by atoms with E-state index in [4.69, 9.17) is 0 Å². The van der Waals surface area contributed by atoms with Crippen LogP contribution in [0.25, 0.3) is 0 Å². The molecule has 1 aliphatic rings. The number of benzene rings is 2. The molecule has 0 atom stereocenters. The first-order chi connectivity index (χ1) is 12.5. The molecular formula is C20H21N3O3. The minimum absolute atomic E-state index is 0.170. The maximum atomic E-state index is 12.3. The molecule has 2 N–H and O–H groups in total. The molecule has 3 rings (SSSR count). The van der Waals surface area contributed by atoms with E-state index in [9.17, 15) is 14.4 Å². The molecule has 0 saturated heterocycles. The van der Waals surface area contributed by atoms with E-state index in [2.05, 4.69) is 10.6 Å². The van der Waals surface area contributed by atoms with Crippen molar-refractivity contribution in [2.24, 2.45) is 0 Å². The zero-order valence-electron chi connectivity index (χ0n) is 14.6. The van der Waals surface area contributed by atoms with Crippen LogP contribution in [0, 0.1) is 0 Å². The number of carbonyl (C=O) groups excluding carboxylic acids is 3. The first-order valence-electron chi connectivity index (χ1n) is 8.54. The van der Waals surface area contributed by atoms with E-state index >= 15 is 0 Å². The van der Waals surface area contributed by atoms with Crippen LogP contribution in [0.2, 0.25) is 0 Å². The molecule has 0 heterocycles. The van der Waals surface area contributed by atoms with Gasteiger partial charge in [-0.15, -0.1) is 0 Å². The smallest absolute Gasteiger partial charge is 0.313 e. The molecule has 0 spiro atoms. The lowest BCUT2D eigenvalue weighted by atomic mass is 10.2. The SMILES string of the molecule is CN(Cc1ccccc1)C(=O)C(=O)Nc1cccc(C(=O)NC2CC2)c1. The first kappa shape index (κ1) is 17.7. The lowest BCUT2D eigenvalue weighted by Gasteiger charge is -2.17. The van der Waals surface area contributed by atoms with Gasteiger partial charge in [-0.2, -0.15) is 0 Å². The summed E-state index contributed by atoms with van der Waals surface area (Å²) in [5, 5.41) is 5.45. The number of nitrogens with zero attached hydrogens (tertiary/aromatic N) is 1. The second-order valence-corrected chi connectivity index (χ2v) is 6.43. The predicted octanol–water partition coefficient (Wildman–Crippen LogP) is 2.18. The number of hydrogen-bond donors (Lipinski definition) is 2. The average molecular weight is 351 g/mol. The normalized spacial score (nSPS) is 13.0. The third kappa shape index (κ3) is 4.69. The van der Waals surface area contributed by atoms with Crippen LogP contribution in [-0.4, -0.2) is 35.7 Å². The molecule has 6 nitrogen and oxygen atoms in total. The Bertz CT molecular complexity index is 816. The lowest BCUT2D eigenvalue weighted by Crippen LogP contribution is -2.36. The molecule has 1 aliphatic carbocycles. The van der Waals surface area contributed by atoms with Gasteiger partial charge in [0.15, 0.2) is 0 Å². The molecule has 1 saturated carbocycles. The molecule has 6 heteroatoms. The molecule has 2 aromatic rings. The van der Waals surface area contributed by atoms with Crippen molar-refractivity contribution in [3.8, 4) is 0 Å². The highest BCUT2D eigenvalue weighted by atomic mass is 16.2. The average Bonchev–Trinajstić information content (AvgIpc) is 3.46. The summed E-state index contributed by atoms with van der Waals surface area (Å²) in [7, 11) is 1.58. The highest BCUT2D eigenvalue weighted by Gasteiger charge is 2.24. The van der Waals surface area contributed by atoms with E-state index in [1.807, 2.05) is 30.3 Å². The van der Waals surface area contributed by atoms with Gasteiger partial charge in [0.2, 0.25) is 0 Å². The summed E-state index contributed by atoms with van der Waals surface area (Å²) in [6.07, 6.45) is 2.01. The second-order valence-electron chi connectivity index (χ2n) is 6.43. The maximum absolute atomic E-state index is 12.3. The number of rotatable bonds is 5. The Labute approximate surface area is 152 Å². The topological polar surface area (TPSA) is 78.5 Å². The number of carbonyl (C=O) groups is 3.